The van der Waals surface area contributed by atoms with Gasteiger partial charge in [0.2, 0.25) is 5.91 Å². The van der Waals surface area contributed by atoms with Crippen LogP contribution in [0.5, 0.6) is 0 Å². The van der Waals surface area contributed by atoms with Crippen molar-refractivity contribution in [1.82, 2.24) is 14.8 Å². The Labute approximate surface area is 195 Å². The number of H-pyrrole nitrogens is 1. The highest BCUT2D eigenvalue weighted by atomic mass is 35.5. The smallest absolute Gasteiger partial charge is 0.250 e. The number of fused-ring (bicyclic) bond motifs is 3. The Morgan fingerprint density at radius 2 is 1.82 bits per heavy atom. The summed E-state index contributed by atoms with van der Waals surface area (Å²) < 4.78 is 40.5. The minimum Gasteiger partial charge on any atom is -0.356 e. The zero-order valence-corrected chi connectivity index (χ0v) is 18.8. The number of carbonyl (C=O) groups is 1. The van der Waals surface area contributed by atoms with Crippen LogP contribution in [0, 0.1) is 5.82 Å². The van der Waals surface area contributed by atoms with E-state index in [-0.39, 0.29) is 37.0 Å². The van der Waals surface area contributed by atoms with E-state index < -0.39 is 5.92 Å². The second-order valence-electron chi connectivity index (χ2n) is 8.95. The van der Waals surface area contributed by atoms with E-state index in [1.54, 1.807) is 12.1 Å². The maximum atomic E-state index is 13.6. The Balaban J connectivity index is 1.42. The van der Waals surface area contributed by atoms with Gasteiger partial charge in [0.05, 0.1) is 6.04 Å². The van der Waals surface area contributed by atoms with E-state index in [9.17, 15) is 18.0 Å². The fourth-order valence-electron chi connectivity index (χ4n) is 5.02. The number of amides is 1. The van der Waals surface area contributed by atoms with Gasteiger partial charge >= 0.3 is 0 Å². The molecule has 1 fully saturated rings. The molecule has 4 nitrogen and oxygen atoms in total. The Hall–Kier alpha value is -2.51. The van der Waals surface area contributed by atoms with Gasteiger partial charge in [-0.3, -0.25) is 4.79 Å². The van der Waals surface area contributed by atoms with Crippen LogP contribution in [0.25, 0.3) is 10.9 Å². The van der Waals surface area contributed by atoms with Gasteiger partial charge in [-0.1, -0.05) is 23.7 Å². The molecular weight excluding hydrogens is 451 g/mol. The van der Waals surface area contributed by atoms with Gasteiger partial charge in [-0.25, -0.2) is 13.2 Å². The van der Waals surface area contributed by atoms with Crippen LogP contribution in [0.15, 0.2) is 42.5 Å². The first kappa shape index (κ1) is 22.3. The summed E-state index contributed by atoms with van der Waals surface area (Å²) in [5.74, 6) is -2.97. The number of piperidine rings is 1. The average Bonchev–Trinajstić information content (AvgIpc) is 3.16. The normalized spacial score (nSPS) is 20.7. The lowest BCUT2D eigenvalue weighted by atomic mass is 9.92. The third-order valence-corrected chi connectivity index (χ3v) is 7.06. The fraction of sp³-hybridized carbons (Fsp3) is 0.400. The summed E-state index contributed by atoms with van der Waals surface area (Å²) in [6.45, 7) is 1.57. The molecule has 0 saturated carbocycles. The van der Waals surface area contributed by atoms with Gasteiger partial charge in [0.25, 0.3) is 5.92 Å². The van der Waals surface area contributed by atoms with Crippen LogP contribution >= 0.6 is 11.6 Å². The molecule has 0 spiro atoms. The van der Waals surface area contributed by atoms with Crippen LogP contribution in [-0.4, -0.2) is 52.8 Å². The number of alkyl halides is 2. The first-order chi connectivity index (χ1) is 15.8. The lowest BCUT2D eigenvalue weighted by molar-refractivity contribution is -0.134. The molecule has 174 valence electrons. The highest BCUT2D eigenvalue weighted by molar-refractivity contribution is 6.31. The Morgan fingerprint density at radius 1 is 1.09 bits per heavy atom. The molecule has 8 heteroatoms. The zero-order chi connectivity index (χ0) is 23.2. The summed E-state index contributed by atoms with van der Waals surface area (Å²) in [6, 6.07) is 11.5. The summed E-state index contributed by atoms with van der Waals surface area (Å²) in [7, 11) is 0. The third kappa shape index (κ3) is 4.49. The molecule has 0 bridgehead atoms. The number of benzene rings is 2. The summed E-state index contributed by atoms with van der Waals surface area (Å²) in [5, 5.41) is 1.68. The quantitative estimate of drug-likeness (QED) is 0.537. The van der Waals surface area contributed by atoms with E-state index in [4.69, 9.17) is 11.6 Å². The largest absolute Gasteiger partial charge is 0.356 e. The number of aromatic nitrogens is 1. The minimum absolute atomic E-state index is 0.0380. The highest BCUT2D eigenvalue weighted by Crippen LogP contribution is 2.39. The summed E-state index contributed by atoms with van der Waals surface area (Å²) in [4.78, 5) is 20.6. The molecule has 1 amide bonds. The van der Waals surface area contributed by atoms with Crippen molar-refractivity contribution in [2.24, 2.45) is 0 Å². The molecule has 1 unspecified atom stereocenters. The first-order valence-corrected chi connectivity index (χ1v) is 11.6. The maximum absolute atomic E-state index is 13.6. The van der Waals surface area contributed by atoms with Crippen molar-refractivity contribution in [2.45, 2.75) is 37.6 Å². The van der Waals surface area contributed by atoms with E-state index in [0.717, 1.165) is 27.7 Å². The molecule has 3 heterocycles. The number of hydrogen-bond acceptors (Lipinski definition) is 2. The molecule has 33 heavy (non-hydrogen) atoms. The zero-order valence-electron chi connectivity index (χ0n) is 18.1. The molecule has 0 radical (unpaired) electrons. The number of rotatable bonds is 4. The van der Waals surface area contributed by atoms with Gasteiger partial charge in [0.15, 0.2) is 0 Å². The molecule has 2 aromatic carbocycles. The summed E-state index contributed by atoms with van der Waals surface area (Å²) in [6.07, 6.45) is 0.605. The van der Waals surface area contributed by atoms with Crippen molar-refractivity contribution >= 4 is 28.4 Å². The molecule has 3 aromatic rings. The monoisotopic (exact) mass is 475 g/mol. The predicted octanol–water partition coefficient (Wildman–Crippen LogP) is 5.56. The number of likely N-dealkylation sites (tertiary alicyclic amines) is 1. The van der Waals surface area contributed by atoms with Crippen molar-refractivity contribution in [3.05, 3.63) is 70.1 Å². The van der Waals surface area contributed by atoms with E-state index in [1.165, 1.54) is 12.1 Å². The molecular formula is C25H25ClF3N3O. The molecule has 1 N–H and O–H groups in total. The van der Waals surface area contributed by atoms with E-state index in [2.05, 4.69) is 4.98 Å². The van der Waals surface area contributed by atoms with Gasteiger partial charge in [-0.05, 0) is 47.9 Å². The SMILES string of the molecule is O=C(CCN1CCC(F)(F)CC1)N1CCc2c([nH]c3ccc(Cl)cc23)C1c1ccc(F)cc1. The second-order valence-corrected chi connectivity index (χ2v) is 9.38. The van der Waals surface area contributed by atoms with Gasteiger partial charge in [-0.2, -0.15) is 0 Å². The minimum atomic E-state index is -2.60. The highest BCUT2D eigenvalue weighted by Gasteiger charge is 2.36. The van der Waals surface area contributed by atoms with Gasteiger partial charge < -0.3 is 14.8 Å². The van der Waals surface area contributed by atoms with E-state index >= 15 is 0 Å². The van der Waals surface area contributed by atoms with Crippen LogP contribution in [-0.2, 0) is 11.2 Å². The predicted molar refractivity (Wildman–Crippen MR) is 122 cm³/mol. The molecule has 1 aromatic heterocycles. The molecule has 1 atom stereocenters. The Morgan fingerprint density at radius 3 is 2.55 bits per heavy atom. The van der Waals surface area contributed by atoms with Gasteiger partial charge in [0, 0.05) is 67.1 Å². The van der Waals surface area contributed by atoms with E-state index in [0.29, 0.717) is 37.6 Å². The number of nitrogens with zero attached hydrogens (tertiary/aromatic N) is 2. The van der Waals surface area contributed by atoms with Crippen molar-refractivity contribution < 1.29 is 18.0 Å². The number of hydrogen-bond donors (Lipinski definition) is 1. The summed E-state index contributed by atoms with van der Waals surface area (Å²) >= 11 is 6.23. The second kappa shape index (κ2) is 8.69. The van der Waals surface area contributed by atoms with Crippen molar-refractivity contribution in [1.29, 1.82) is 0 Å². The number of aromatic amines is 1. The lowest BCUT2D eigenvalue weighted by Crippen LogP contribution is -2.44. The molecule has 2 aliphatic rings. The van der Waals surface area contributed by atoms with Crippen LogP contribution in [0.4, 0.5) is 13.2 Å². The Kier molecular flexibility index (Phi) is 5.87. The van der Waals surface area contributed by atoms with Crippen LogP contribution in [0.3, 0.4) is 0 Å². The Bertz CT molecular complexity index is 1170. The molecule has 0 aliphatic carbocycles. The topological polar surface area (TPSA) is 39.3 Å². The van der Waals surface area contributed by atoms with Gasteiger partial charge in [-0.15, -0.1) is 0 Å². The van der Waals surface area contributed by atoms with Crippen molar-refractivity contribution in [2.75, 3.05) is 26.2 Å². The lowest BCUT2D eigenvalue weighted by Gasteiger charge is -2.37. The third-order valence-electron chi connectivity index (χ3n) is 6.82. The van der Waals surface area contributed by atoms with Crippen molar-refractivity contribution in [3.63, 3.8) is 0 Å². The first-order valence-electron chi connectivity index (χ1n) is 11.3. The molecule has 5 rings (SSSR count). The standard InChI is InChI=1S/C25H25ClF3N3O/c26-17-3-6-21-20(15-17)19-7-12-32(22(33)8-11-31-13-9-25(28,29)10-14-31)24(23(19)30-21)16-1-4-18(27)5-2-16/h1-6,15,24,30H,7-14H2. The van der Waals surface area contributed by atoms with E-state index in [1.807, 2.05) is 28.0 Å². The van der Waals surface area contributed by atoms with Crippen molar-refractivity contribution in [3.8, 4) is 0 Å². The van der Waals surface area contributed by atoms with Crippen LogP contribution in [0.1, 0.15) is 42.1 Å². The number of carbonyl (C=O) groups excluding carboxylic acids is 1. The summed E-state index contributed by atoms with van der Waals surface area (Å²) in [5.41, 5.74) is 3.79. The number of nitrogens with one attached hydrogen (secondary N) is 1. The van der Waals surface area contributed by atoms with Gasteiger partial charge in [0.1, 0.15) is 5.82 Å². The van der Waals surface area contributed by atoms with Crippen LogP contribution < -0.4 is 0 Å². The number of halogens is 4. The molecule has 2 aliphatic heterocycles. The fourth-order valence-corrected chi connectivity index (χ4v) is 5.19. The maximum Gasteiger partial charge on any atom is 0.250 e. The average molecular weight is 476 g/mol. The van der Waals surface area contributed by atoms with Crippen LogP contribution in [0.2, 0.25) is 5.02 Å². The molecule has 1 saturated heterocycles.